The van der Waals surface area contributed by atoms with Crippen molar-refractivity contribution in [3.63, 3.8) is 0 Å². The molecule has 0 aliphatic heterocycles. The van der Waals surface area contributed by atoms with Gasteiger partial charge in [0.05, 0.1) is 39.9 Å². The van der Waals surface area contributed by atoms with Gasteiger partial charge in [-0.05, 0) is 89.9 Å². The average molecular weight is 911 g/mol. The van der Waals surface area contributed by atoms with Crippen molar-refractivity contribution < 1.29 is 32.9 Å². The lowest BCUT2D eigenvalue weighted by Crippen LogP contribution is -2.45. The van der Waals surface area contributed by atoms with Crippen molar-refractivity contribution in [3.8, 4) is 0 Å². The number of unbranched alkanes of at least 4 members (excludes halogenated alkanes) is 15. The maximum absolute atomic E-state index is 12.9. The lowest BCUT2D eigenvalue weighted by molar-refractivity contribution is -0.870. The number of nitrogens with zero attached hydrogens (tertiary/aromatic N) is 1. The van der Waals surface area contributed by atoms with Crippen LogP contribution in [0.3, 0.4) is 0 Å². The summed E-state index contributed by atoms with van der Waals surface area (Å²) in [6.07, 6.45) is 65.8. The summed E-state index contributed by atoms with van der Waals surface area (Å²) >= 11 is 0. The molecule has 366 valence electrons. The molecule has 3 atom stereocenters. The molecule has 1 amide bonds. The first-order valence-corrected chi connectivity index (χ1v) is 26.7. The number of rotatable bonds is 44. The Hall–Kier alpha value is -2.84. The Morgan fingerprint density at radius 1 is 0.562 bits per heavy atom. The Morgan fingerprint density at radius 2 is 0.969 bits per heavy atom. The van der Waals surface area contributed by atoms with Gasteiger partial charge in [0.15, 0.2) is 0 Å². The Morgan fingerprint density at radius 3 is 1.45 bits per heavy atom. The van der Waals surface area contributed by atoms with Gasteiger partial charge in [-0.1, -0.05) is 194 Å². The largest absolute Gasteiger partial charge is 0.756 e. The summed E-state index contributed by atoms with van der Waals surface area (Å²) in [5.41, 5.74) is 0. The summed E-state index contributed by atoms with van der Waals surface area (Å²) in [6, 6.07) is -0.916. The molecule has 0 heterocycles. The topological polar surface area (TPSA) is 108 Å². The van der Waals surface area contributed by atoms with Crippen LogP contribution in [0.2, 0.25) is 0 Å². The molecule has 0 saturated carbocycles. The maximum atomic E-state index is 12.9. The Labute approximate surface area is 393 Å². The van der Waals surface area contributed by atoms with E-state index in [1.165, 1.54) is 64.2 Å². The van der Waals surface area contributed by atoms with Gasteiger partial charge in [0.1, 0.15) is 13.2 Å². The molecule has 0 spiro atoms. The molecular formula is C55H95N2O6P. The molecule has 8 nitrogen and oxygen atoms in total. The predicted molar refractivity (Wildman–Crippen MR) is 274 cm³/mol. The molecule has 0 saturated heterocycles. The summed E-state index contributed by atoms with van der Waals surface area (Å²) in [6.45, 7) is 4.46. The van der Waals surface area contributed by atoms with Gasteiger partial charge < -0.3 is 28.8 Å². The number of aliphatic hydroxyl groups excluding tert-OH is 1. The second kappa shape index (κ2) is 45.3. The smallest absolute Gasteiger partial charge is 0.268 e. The van der Waals surface area contributed by atoms with Crippen molar-refractivity contribution in [1.82, 2.24) is 5.32 Å². The molecule has 0 aliphatic carbocycles. The van der Waals surface area contributed by atoms with Crippen LogP contribution in [0.1, 0.15) is 181 Å². The first-order chi connectivity index (χ1) is 31.0. The van der Waals surface area contributed by atoms with E-state index in [0.717, 1.165) is 96.3 Å². The van der Waals surface area contributed by atoms with Crippen LogP contribution in [-0.2, 0) is 18.4 Å². The zero-order valence-electron chi connectivity index (χ0n) is 41.4. The Bertz CT molecular complexity index is 1400. The van der Waals surface area contributed by atoms with Crippen LogP contribution < -0.4 is 10.2 Å². The number of amides is 1. The number of phosphoric acid groups is 1. The lowest BCUT2D eigenvalue weighted by Gasteiger charge is -2.29. The van der Waals surface area contributed by atoms with Crippen LogP contribution in [0.15, 0.2) is 109 Å². The highest BCUT2D eigenvalue weighted by Gasteiger charge is 2.23. The standard InChI is InChI=1S/C55H95N2O6P/c1-6-8-10-12-14-16-18-20-21-22-23-24-25-26-27-28-29-30-31-32-33-34-35-37-39-41-43-45-47-49-55(59)56-53(52-63-64(60,61)62-51-50-57(3,4)5)54(58)48-46-44-42-40-38-36-19-17-15-13-11-9-7-2/h8,10,14,16,20-21,23-24,26-27,29-30,32-33,38,40,46,48,53-54,58H,6-7,9,11-13,15,17-19,22,25,28,31,34-37,39,41-45,47,49-52H2,1-5H3,(H-,56,59,60,61)/b10-8-,16-14-,21-20-,24-23-,27-26-,30-29-,33-32-,40-38+,48-46+. The van der Waals surface area contributed by atoms with E-state index >= 15 is 0 Å². The number of likely N-dealkylation sites (N-methyl/N-ethyl adjacent to an activating group) is 1. The zero-order valence-corrected chi connectivity index (χ0v) is 42.3. The highest BCUT2D eigenvalue weighted by molar-refractivity contribution is 7.45. The third kappa shape index (κ3) is 47.1. The predicted octanol–water partition coefficient (Wildman–Crippen LogP) is 14.2. The quantitative estimate of drug-likeness (QED) is 0.0273. The fraction of sp³-hybridized carbons (Fsp3) is 0.655. The normalized spacial score (nSPS) is 15.0. The Balaban J connectivity index is 4.31. The molecule has 0 aromatic heterocycles. The number of hydrogen-bond acceptors (Lipinski definition) is 6. The number of nitrogens with one attached hydrogen (secondary N) is 1. The number of carbonyl (C=O) groups is 1. The summed E-state index contributed by atoms with van der Waals surface area (Å²) in [5.74, 6) is -0.225. The second-order valence-electron chi connectivity index (χ2n) is 17.8. The molecule has 2 N–H and O–H groups in total. The SMILES string of the molecule is CC/C=C\C/C=C\C/C=C\C/C=C\C/C=C\C/C=C\C/C=C\CCCCCCCCCC(=O)NC(COP(=O)([O-])OCC[N+](C)(C)C)C(O)/C=C/CC/C=C/CCCCCCCCC. The minimum absolute atomic E-state index is 0.0149. The van der Waals surface area contributed by atoms with Gasteiger partial charge in [0.25, 0.3) is 7.82 Å². The summed E-state index contributed by atoms with van der Waals surface area (Å²) in [4.78, 5) is 25.4. The summed E-state index contributed by atoms with van der Waals surface area (Å²) in [5, 5.41) is 13.8. The number of carbonyl (C=O) groups excluding carboxylic acids is 1. The number of aliphatic hydroxyl groups is 1. The van der Waals surface area contributed by atoms with E-state index in [2.05, 4.69) is 116 Å². The monoisotopic (exact) mass is 911 g/mol. The first kappa shape index (κ1) is 61.2. The van der Waals surface area contributed by atoms with Gasteiger partial charge in [-0.15, -0.1) is 0 Å². The first-order valence-electron chi connectivity index (χ1n) is 25.2. The maximum Gasteiger partial charge on any atom is 0.268 e. The molecule has 9 heteroatoms. The minimum atomic E-state index is -4.61. The van der Waals surface area contributed by atoms with Crippen LogP contribution in [0, 0.1) is 0 Å². The van der Waals surface area contributed by atoms with Crippen molar-refractivity contribution in [1.29, 1.82) is 0 Å². The van der Waals surface area contributed by atoms with Crippen molar-refractivity contribution >= 4 is 13.7 Å². The van der Waals surface area contributed by atoms with E-state index in [4.69, 9.17) is 9.05 Å². The molecule has 0 fully saturated rings. The summed E-state index contributed by atoms with van der Waals surface area (Å²) in [7, 11) is 1.22. The van der Waals surface area contributed by atoms with Crippen LogP contribution in [0.25, 0.3) is 0 Å². The molecular weight excluding hydrogens is 816 g/mol. The van der Waals surface area contributed by atoms with Crippen molar-refractivity contribution in [2.75, 3.05) is 40.9 Å². The van der Waals surface area contributed by atoms with E-state index in [1.807, 2.05) is 27.2 Å². The average Bonchev–Trinajstić information content (AvgIpc) is 3.25. The third-order valence-corrected chi connectivity index (χ3v) is 11.4. The molecule has 0 radical (unpaired) electrons. The highest BCUT2D eigenvalue weighted by Crippen LogP contribution is 2.38. The molecule has 3 unspecified atom stereocenters. The molecule has 0 aromatic carbocycles. The number of allylic oxidation sites excluding steroid dienone is 17. The van der Waals surface area contributed by atoms with E-state index in [-0.39, 0.29) is 12.5 Å². The van der Waals surface area contributed by atoms with Crippen molar-refractivity contribution in [2.24, 2.45) is 0 Å². The van der Waals surface area contributed by atoms with Crippen molar-refractivity contribution in [2.45, 2.75) is 193 Å². The fourth-order valence-corrected chi connectivity index (χ4v) is 7.22. The van der Waals surface area contributed by atoms with Gasteiger partial charge in [-0.2, -0.15) is 0 Å². The fourth-order valence-electron chi connectivity index (χ4n) is 6.50. The molecule has 0 aliphatic rings. The van der Waals surface area contributed by atoms with Crippen LogP contribution in [0.5, 0.6) is 0 Å². The molecule has 0 rings (SSSR count). The Kier molecular flexibility index (Phi) is 43.3. The number of phosphoric ester groups is 1. The van der Waals surface area contributed by atoms with Gasteiger partial charge in [-0.3, -0.25) is 9.36 Å². The molecule has 0 aromatic rings. The van der Waals surface area contributed by atoms with Crippen molar-refractivity contribution in [3.05, 3.63) is 109 Å². The van der Waals surface area contributed by atoms with Crippen LogP contribution >= 0.6 is 7.82 Å². The second-order valence-corrected chi connectivity index (χ2v) is 19.2. The zero-order chi connectivity index (χ0) is 47.1. The summed E-state index contributed by atoms with van der Waals surface area (Å²) < 4.78 is 23.2. The van der Waals surface area contributed by atoms with E-state index in [9.17, 15) is 19.4 Å². The van der Waals surface area contributed by atoms with Gasteiger partial charge in [-0.25, -0.2) is 0 Å². The number of quaternary nitrogens is 1. The van der Waals surface area contributed by atoms with Gasteiger partial charge in [0, 0.05) is 6.42 Å². The third-order valence-electron chi connectivity index (χ3n) is 10.5. The van der Waals surface area contributed by atoms with E-state index in [1.54, 1.807) is 6.08 Å². The van der Waals surface area contributed by atoms with E-state index < -0.39 is 26.6 Å². The molecule has 0 bridgehead atoms. The lowest BCUT2D eigenvalue weighted by atomic mass is 10.1. The van der Waals surface area contributed by atoms with Gasteiger partial charge >= 0.3 is 0 Å². The van der Waals surface area contributed by atoms with E-state index in [0.29, 0.717) is 17.4 Å². The molecule has 64 heavy (non-hydrogen) atoms. The van der Waals surface area contributed by atoms with Gasteiger partial charge in [0.2, 0.25) is 5.91 Å². The van der Waals surface area contributed by atoms with Crippen LogP contribution in [0.4, 0.5) is 0 Å². The van der Waals surface area contributed by atoms with Crippen LogP contribution in [-0.4, -0.2) is 68.5 Å². The number of hydrogen-bond donors (Lipinski definition) is 2. The minimum Gasteiger partial charge on any atom is -0.756 e. The highest BCUT2D eigenvalue weighted by atomic mass is 31.2.